The first-order valence-corrected chi connectivity index (χ1v) is 35.3. The summed E-state index contributed by atoms with van der Waals surface area (Å²) in [6, 6.07) is 115. The zero-order chi connectivity index (χ0) is 67.8. The van der Waals surface area contributed by atoms with Gasteiger partial charge in [-0.1, -0.05) is 237 Å². The molecule has 21 aromatic rings. The van der Waals surface area contributed by atoms with E-state index in [1.165, 1.54) is 4.70 Å². The zero-order valence-electron chi connectivity index (χ0n) is 55.1. The van der Waals surface area contributed by atoms with Gasteiger partial charge in [-0.25, -0.2) is 19.8 Å². The molecule has 0 N–H and O–H groups in total. The quantitative estimate of drug-likeness (QED) is 0.128. The fraction of sp³-hybridized carbons (Fsp3) is 0. The van der Waals surface area contributed by atoms with Crippen molar-refractivity contribution >= 4 is 125 Å². The molecule has 0 amide bonds. The van der Waals surface area contributed by atoms with Gasteiger partial charge in [-0.3, -0.25) is 0 Å². The molecule has 15 aromatic carbocycles. The van der Waals surface area contributed by atoms with Crippen LogP contribution in [0, 0.1) is 6.57 Å². The van der Waals surface area contributed by atoms with Crippen LogP contribution in [-0.4, -0.2) is 24.1 Å². The Morgan fingerprint density at radius 2 is 0.689 bits per heavy atom. The molecular weight excluding hydrogens is 1280 g/mol. The molecule has 6 heterocycles. The molecule has 0 aliphatic carbocycles. The molecule has 9 heteroatoms. The van der Waals surface area contributed by atoms with Gasteiger partial charge >= 0.3 is 0 Å². The molecule has 6 aromatic heterocycles. The van der Waals surface area contributed by atoms with Gasteiger partial charge in [0, 0.05) is 74.7 Å². The summed E-state index contributed by atoms with van der Waals surface area (Å²) in [5.74, 6) is 1.40. The summed E-state index contributed by atoms with van der Waals surface area (Å²) in [5.41, 5.74) is 21.2. The summed E-state index contributed by atoms with van der Waals surface area (Å²) >= 11 is 1.76. The first-order chi connectivity index (χ1) is 51.0. The van der Waals surface area contributed by atoms with E-state index >= 15 is 0 Å². The van der Waals surface area contributed by atoms with Crippen LogP contribution in [0.4, 0.5) is 5.69 Å². The van der Waals surface area contributed by atoms with Crippen LogP contribution in [0.25, 0.3) is 214 Å². The van der Waals surface area contributed by atoms with Gasteiger partial charge in [-0.15, -0.1) is 11.3 Å². The van der Waals surface area contributed by atoms with E-state index < -0.39 is 0 Å². The van der Waals surface area contributed by atoms with E-state index in [-0.39, 0.29) is 0 Å². The molecular formula is C94H54N6O2S. The maximum atomic E-state index is 9.81. The van der Waals surface area contributed by atoms with Crippen molar-refractivity contribution in [3.05, 3.63) is 339 Å². The van der Waals surface area contributed by atoms with Crippen LogP contribution < -0.4 is 0 Å². The summed E-state index contributed by atoms with van der Waals surface area (Å²) in [6.07, 6.45) is 0. The van der Waals surface area contributed by atoms with Crippen molar-refractivity contribution in [1.82, 2.24) is 24.1 Å². The molecule has 21 rings (SSSR count). The average Bonchev–Trinajstić information content (AvgIpc) is 1.57. The van der Waals surface area contributed by atoms with Crippen molar-refractivity contribution in [3.63, 3.8) is 0 Å². The average molecular weight is 1330 g/mol. The predicted octanol–water partition coefficient (Wildman–Crippen LogP) is 26.1. The minimum absolute atomic E-state index is 0.385. The fourth-order valence-electron chi connectivity index (χ4n) is 15.9. The van der Waals surface area contributed by atoms with Crippen molar-refractivity contribution in [2.45, 2.75) is 0 Å². The Hall–Kier alpha value is -13.8. The number of hydrogen-bond donors (Lipinski definition) is 0. The van der Waals surface area contributed by atoms with Gasteiger partial charge in [0.1, 0.15) is 22.3 Å². The molecule has 0 bridgehead atoms. The first kappa shape index (κ1) is 58.2. The van der Waals surface area contributed by atoms with E-state index in [2.05, 4.69) is 312 Å². The van der Waals surface area contributed by atoms with E-state index in [4.69, 9.17) is 28.6 Å². The van der Waals surface area contributed by atoms with E-state index in [0.717, 1.165) is 175 Å². The largest absolute Gasteiger partial charge is 0.455 e. The molecule has 0 saturated heterocycles. The van der Waals surface area contributed by atoms with E-state index in [1.54, 1.807) is 11.3 Å². The Bertz CT molecular complexity index is 7090. The van der Waals surface area contributed by atoms with Crippen molar-refractivity contribution in [2.75, 3.05) is 0 Å². The lowest BCUT2D eigenvalue weighted by Gasteiger charge is -2.24. The molecule has 0 spiro atoms. The number of nitrogens with zero attached hydrogens (tertiary/aromatic N) is 6. The smallest absolute Gasteiger partial charge is 0.212 e. The van der Waals surface area contributed by atoms with Gasteiger partial charge in [0.05, 0.1) is 50.8 Å². The number of aromatic nitrogens is 5. The first-order valence-electron chi connectivity index (χ1n) is 34.5. The van der Waals surface area contributed by atoms with Crippen molar-refractivity contribution in [2.24, 2.45) is 0 Å². The Morgan fingerprint density at radius 3 is 1.19 bits per heavy atom. The lowest BCUT2D eigenvalue weighted by Crippen LogP contribution is -2.08. The second-order valence-corrected chi connectivity index (χ2v) is 27.4. The second kappa shape index (κ2) is 23.2. The highest BCUT2D eigenvalue weighted by Crippen LogP contribution is 2.53. The SMILES string of the molecule is [C-]#[N+]c1cc(-c2nc(-c3ccccc3)nc(-c3cccc4sc5ccccc5c34)n2)c(-n2c3ccc(-c4ccccc4)cc3c3c4oc5ccc(-c6ccccc6)cc5c4ccc32)c(-c2ccccc2)c1-n1c2ccc(-c3ccccc3)cc2c2c3oc4ccc(-c5ccccc5)cc4c3ccc21. The molecule has 0 unspecified atom stereocenters. The maximum absolute atomic E-state index is 9.81. The molecule has 0 radical (unpaired) electrons. The highest BCUT2D eigenvalue weighted by molar-refractivity contribution is 7.26. The van der Waals surface area contributed by atoms with Crippen molar-refractivity contribution < 1.29 is 8.83 Å². The van der Waals surface area contributed by atoms with Crippen LogP contribution in [0.1, 0.15) is 0 Å². The third-order valence-corrected chi connectivity index (χ3v) is 21.7. The molecule has 103 heavy (non-hydrogen) atoms. The molecule has 0 aliphatic heterocycles. The van der Waals surface area contributed by atoms with Gasteiger partial charge in [0.25, 0.3) is 0 Å². The van der Waals surface area contributed by atoms with Gasteiger partial charge in [0.2, 0.25) is 5.69 Å². The van der Waals surface area contributed by atoms with Gasteiger partial charge < -0.3 is 18.0 Å². The third-order valence-electron chi connectivity index (χ3n) is 20.6. The molecule has 478 valence electrons. The topological polar surface area (TPSA) is 79.2 Å². The van der Waals surface area contributed by atoms with E-state index in [9.17, 15) is 6.57 Å². The van der Waals surface area contributed by atoms with Crippen LogP contribution in [0.5, 0.6) is 0 Å². The number of hydrogen-bond acceptors (Lipinski definition) is 6. The van der Waals surface area contributed by atoms with Gasteiger partial charge in [-0.05, 0) is 141 Å². The van der Waals surface area contributed by atoms with Gasteiger partial charge in [-0.2, -0.15) is 0 Å². The standard InChI is InChI=1S/C94H54N6O2S/c1-95-75-55-74(94-97-92(61-33-18-7-19-34-61)96-93(98-94)69-36-22-38-83-85(69)68-35-20-21-37-82(68)103-83)88(99-76-45-39-62(56-23-8-2-9-24-56)53-72(76)86-78(99)47-43-66-70-51-64(58-27-12-4-13-28-58)41-49-80(70)101-90(66)86)84(60-31-16-6-17-32-60)89(75)100-77-46-40-63(57-25-10-3-11-26-57)54-73(77)87-79(100)48-44-67-71-52-65(59-29-14-5-15-30-59)42-50-81(71)102-91(67)87/h2-55H. The third kappa shape index (κ3) is 9.18. The summed E-state index contributed by atoms with van der Waals surface area (Å²) < 4.78 is 21.6. The Kier molecular flexibility index (Phi) is 13.1. The van der Waals surface area contributed by atoms with Crippen molar-refractivity contribution in [1.29, 1.82) is 0 Å². The van der Waals surface area contributed by atoms with E-state index in [0.29, 0.717) is 34.4 Å². The van der Waals surface area contributed by atoms with Crippen LogP contribution in [0.2, 0.25) is 0 Å². The summed E-state index contributed by atoms with van der Waals surface area (Å²) in [4.78, 5) is 21.7. The predicted molar refractivity (Wildman–Crippen MR) is 426 cm³/mol. The van der Waals surface area contributed by atoms with Gasteiger partial charge in [0.15, 0.2) is 17.5 Å². The van der Waals surface area contributed by atoms with Crippen LogP contribution in [0.15, 0.2) is 336 Å². The molecule has 0 fully saturated rings. The number of fused-ring (bicyclic) bond motifs is 17. The number of benzene rings is 15. The Labute approximate surface area is 594 Å². The van der Waals surface area contributed by atoms with E-state index in [1.807, 2.05) is 24.3 Å². The van der Waals surface area contributed by atoms with Crippen LogP contribution in [0.3, 0.4) is 0 Å². The van der Waals surface area contributed by atoms with Crippen LogP contribution in [-0.2, 0) is 0 Å². The number of thiophene rings is 1. The monoisotopic (exact) mass is 1330 g/mol. The Balaban J connectivity index is 0.939. The minimum atomic E-state index is 0.385. The normalized spacial score (nSPS) is 11.9. The van der Waals surface area contributed by atoms with Crippen molar-refractivity contribution in [3.8, 4) is 101 Å². The highest BCUT2D eigenvalue weighted by atomic mass is 32.1. The minimum Gasteiger partial charge on any atom is -0.455 e. The number of furan rings is 2. The molecule has 0 saturated carbocycles. The second-order valence-electron chi connectivity index (χ2n) is 26.3. The lowest BCUT2D eigenvalue weighted by molar-refractivity contribution is 0.672. The van der Waals surface area contributed by atoms with Crippen LogP contribution >= 0.6 is 11.3 Å². The summed E-state index contributed by atoms with van der Waals surface area (Å²) in [5, 5.41) is 10.0. The summed E-state index contributed by atoms with van der Waals surface area (Å²) in [6.45, 7) is 9.81. The number of rotatable bonds is 10. The summed E-state index contributed by atoms with van der Waals surface area (Å²) in [7, 11) is 0. The molecule has 8 nitrogen and oxygen atoms in total. The molecule has 0 atom stereocenters. The Morgan fingerprint density at radius 1 is 0.282 bits per heavy atom. The molecule has 0 aliphatic rings. The maximum Gasteiger partial charge on any atom is 0.212 e. The lowest BCUT2D eigenvalue weighted by atomic mass is 9.94. The fourth-order valence-corrected chi connectivity index (χ4v) is 17.1. The zero-order valence-corrected chi connectivity index (χ0v) is 55.9. The highest BCUT2D eigenvalue weighted by Gasteiger charge is 2.32.